The van der Waals surface area contributed by atoms with E-state index in [0.29, 0.717) is 18.8 Å². The first-order valence-corrected chi connectivity index (χ1v) is 12.4. The second-order valence-corrected chi connectivity index (χ2v) is 10.1. The van der Waals surface area contributed by atoms with E-state index >= 15 is 0 Å². The molecule has 0 aliphatic rings. The third-order valence-electron chi connectivity index (χ3n) is 5.27. The molecule has 0 aromatic heterocycles. The number of anilines is 1. The zero-order valence-corrected chi connectivity index (χ0v) is 19.8. The maximum absolute atomic E-state index is 13.7. The van der Waals surface area contributed by atoms with Gasteiger partial charge < -0.3 is 4.90 Å². The van der Waals surface area contributed by atoms with Crippen molar-refractivity contribution >= 4 is 21.6 Å². The molecule has 0 radical (unpaired) electrons. The number of sulfonamides is 1. The number of benzene rings is 3. The van der Waals surface area contributed by atoms with Gasteiger partial charge in [0.25, 0.3) is 0 Å². The second kappa shape index (κ2) is 10.0. The van der Waals surface area contributed by atoms with E-state index in [2.05, 4.69) is 0 Å². The molecule has 0 saturated heterocycles. The number of amides is 1. The lowest BCUT2D eigenvalue weighted by Gasteiger charge is -2.33. The molecule has 1 amide bonds. The van der Waals surface area contributed by atoms with Gasteiger partial charge in [-0.25, -0.2) is 8.42 Å². The van der Waals surface area contributed by atoms with Crippen molar-refractivity contribution in [1.29, 1.82) is 0 Å². The van der Waals surface area contributed by atoms with Gasteiger partial charge >= 0.3 is 0 Å². The molecule has 0 N–H and O–H groups in total. The van der Waals surface area contributed by atoms with Crippen LogP contribution in [0.4, 0.5) is 5.69 Å². The van der Waals surface area contributed by atoms with Crippen molar-refractivity contribution < 1.29 is 13.2 Å². The molecule has 0 aliphatic carbocycles. The van der Waals surface area contributed by atoms with Gasteiger partial charge in [0.1, 0.15) is 6.04 Å². The first kappa shape index (κ1) is 23.5. The van der Waals surface area contributed by atoms with Crippen LogP contribution in [0.3, 0.4) is 0 Å². The summed E-state index contributed by atoms with van der Waals surface area (Å²) in [5, 5.41) is 0. The molecular weight excluding hydrogens is 420 g/mol. The first-order chi connectivity index (χ1) is 15.1. The zero-order valence-electron chi connectivity index (χ0n) is 19.0. The van der Waals surface area contributed by atoms with Gasteiger partial charge in [-0.3, -0.25) is 9.10 Å². The molecule has 0 unspecified atom stereocenters. The van der Waals surface area contributed by atoms with Crippen LogP contribution in [0.25, 0.3) is 0 Å². The Balaban J connectivity index is 1.98. The van der Waals surface area contributed by atoms with E-state index < -0.39 is 16.1 Å². The summed E-state index contributed by atoms with van der Waals surface area (Å²) in [5.41, 5.74) is 4.37. The fourth-order valence-corrected chi connectivity index (χ4v) is 5.12. The highest BCUT2D eigenvalue weighted by molar-refractivity contribution is 7.92. The maximum Gasteiger partial charge on any atom is 0.246 e. The number of aryl methyl sites for hydroxylation is 2. The predicted octanol–water partition coefficient (Wildman–Crippen LogP) is 4.69. The molecule has 0 bridgehead atoms. The van der Waals surface area contributed by atoms with E-state index in [0.717, 1.165) is 28.5 Å². The average Bonchev–Trinajstić information content (AvgIpc) is 2.72. The third kappa shape index (κ3) is 5.98. The van der Waals surface area contributed by atoms with Crippen molar-refractivity contribution in [2.45, 2.75) is 39.9 Å². The highest BCUT2D eigenvalue weighted by Crippen LogP contribution is 2.25. The lowest BCUT2D eigenvalue weighted by atomic mass is 10.1. The molecule has 3 rings (SSSR count). The highest BCUT2D eigenvalue weighted by atomic mass is 32.2. The molecule has 0 spiro atoms. The topological polar surface area (TPSA) is 57.7 Å². The maximum atomic E-state index is 13.7. The Kier molecular flexibility index (Phi) is 7.36. The Morgan fingerprint density at radius 1 is 0.812 bits per heavy atom. The average molecular weight is 451 g/mol. The van der Waals surface area contributed by atoms with Crippen molar-refractivity contribution in [2.75, 3.05) is 10.6 Å². The molecule has 0 heterocycles. The Morgan fingerprint density at radius 3 is 1.66 bits per heavy atom. The molecule has 1 atom stereocenters. The second-order valence-electron chi connectivity index (χ2n) is 8.25. The summed E-state index contributed by atoms with van der Waals surface area (Å²) in [7, 11) is -3.69. The minimum atomic E-state index is -3.69. The van der Waals surface area contributed by atoms with Crippen molar-refractivity contribution in [1.82, 2.24) is 4.90 Å². The van der Waals surface area contributed by atoms with Gasteiger partial charge in [-0.2, -0.15) is 0 Å². The smallest absolute Gasteiger partial charge is 0.246 e. The fourth-order valence-electron chi connectivity index (χ4n) is 3.96. The molecule has 3 aromatic rings. The van der Waals surface area contributed by atoms with Crippen LogP contribution in [0.5, 0.6) is 0 Å². The van der Waals surface area contributed by atoms with Crippen LogP contribution in [-0.2, 0) is 27.9 Å². The molecule has 0 aliphatic heterocycles. The van der Waals surface area contributed by atoms with Crippen molar-refractivity contribution in [3.63, 3.8) is 0 Å². The summed E-state index contributed by atoms with van der Waals surface area (Å²) >= 11 is 0. The molecule has 3 aromatic carbocycles. The number of rotatable bonds is 8. The predicted molar refractivity (Wildman–Crippen MR) is 130 cm³/mol. The molecule has 32 heavy (non-hydrogen) atoms. The van der Waals surface area contributed by atoms with Crippen molar-refractivity contribution in [3.8, 4) is 0 Å². The normalized spacial score (nSPS) is 12.2. The van der Waals surface area contributed by atoms with Gasteiger partial charge in [-0.05, 0) is 55.2 Å². The van der Waals surface area contributed by atoms with E-state index in [9.17, 15) is 13.2 Å². The van der Waals surface area contributed by atoms with Crippen LogP contribution in [-0.4, -0.2) is 31.5 Å². The van der Waals surface area contributed by atoms with E-state index in [-0.39, 0.29) is 5.91 Å². The summed E-state index contributed by atoms with van der Waals surface area (Å²) < 4.78 is 26.8. The summed E-state index contributed by atoms with van der Waals surface area (Å²) in [5.74, 6) is -0.248. The van der Waals surface area contributed by atoms with Crippen LogP contribution in [0.2, 0.25) is 0 Å². The Labute approximate surface area is 191 Å². The summed E-state index contributed by atoms with van der Waals surface area (Å²) in [4.78, 5) is 15.4. The highest BCUT2D eigenvalue weighted by Gasteiger charge is 2.32. The lowest BCUT2D eigenvalue weighted by Crippen LogP contribution is -2.49. The third-order valence-corrected chi connectivity index (χ3v) is 6.51. The summed E-state index contributed by atoms with van der Waals surface area (Å²) in [6.45, 7) is 6.28. The first-order valence-electron chi connectivity index (χ1n) is 10.6. The van der Waals surface area contributed by atoms with Gasteiger partial charge in [-0.1, -0.05) is 66.7 Å². The van der Waals surface area contributed by atoms with Gasteiger partial charge in [0.05, 0.1) is 11.9 Å². The summed E-state index contributed by atoms with van der Waals surface area (Å²) in [6, 6.07) is 24.2. The van der Waals surface area contributed by atoms with Crippen LogP contribution >= 0.6 is 0 Å². The molecular formula is C26H30N2O3S. The molecule has 6 heteroatoms. The SMILES string of the molecule is Cc1cc(C)cc(N([C@@H](C)C(=O)N(Cc2ccccc2)Cc2ccccc2)S(C)(=O)=O)c1. The number of carbonyl (C=O) groups is 1. The number of hydrogen-bond donors (Lipinski definition) is 0. The van der Waals surface area contributed by atoms with Gasteiger partial charge in [0.15, 0.2) is 0 Å². The van der Waals surface area contributed by atoms with Crippen molar-refractivity contribution in [2.24, 2.45) is 0 Å². The molecule has 0 saturated carbocycles. The van der Waals surface area contributed by atoms with Crippen molar-refractivity contribution in [3.05, 3.63) is 101 Å². The number of hydrogen-bond acceptors (Lipinski definition) is 3. The van der Waals surface area contributed by atoms with Crippen LogP contribution in [0.1, 0.15) is 29.2 Å². The van der Waals surface area contributed by atoms with E-state index in [1.807, 2.05) is 80.6 Å². The van der Waals surface area contributed by atoms with Gasteiger partial charge in [0.2, 0.25) is 15.9 Å². The van der Waals surface area contributed by atoms with Gasteiger partial charge in [0, 0.05) is 13.1 Å². The molecule has 0 fully saturated rings. The van der Waals surface area contributed by atoms with Gasteiger partial charge in [-0.15, -0.1) is 0 Å². The quantitative estimate of drug-likeness (QED) is 0.500. The fraction of sp³-hybridized carbons (Fsp3) is 0.269. The minimum absolute atomic E-state index is 0.248. The lowest BCUT2D eigenvalue weighted by molar-refractivity contribution is -0.133. The standard InChI is InChI=1S/C26H30N2O3S/c1-20-15-21(2)17-25(16-20)28(32(4,30)31)22(3)26(29)27(18-23-11-7-5-8-12-23)19-24-13-9-6-10-14-24/h5-17,22H,18-19H2,1-4H3/t22-/m0/s1. The Bertz CT molecular complexity index is 1100. The Morgan fingerprint density at radius 2 is 1.25 bits per heavy atom. The summed E-state index contributed by atoms with van der Waals surface area (Å²) in [6.07, 6.45) is 1.15. The number of nitrogens with zero attached hydrogens (tertiary/aromatic N) is 2. The zero-order chi connectivity index (χ0) is 23.3. The van der Waals surface area contributed by atoms with Crippen LogP contribution in [0.15, 0.2) is 78.9 Å². The Hall–Kier alpha value is -3.12. The number of carbonyl (C=O) groups excluding carboxylic acids is 1. The van der Waals surface area contributed by atoms with E-state index in [4.69, 9.17) is 0 Å². The van der Waals surface area contributed by atoms with Crippen LogP contribution < -0.4 is 4.31 Å². The van der Waals surface area contributed by atoms with E-state index in [1.165, 1.54) is 4.31 Å². The largest absolute Gasteiger partial charge is 0.332 e. The van der Waals surface area contributed by atoms with Crippen LogP contribution in [0, 0.1) is 13.8 Å². The monoisotopic (exact) mass is 450 g/mol. The molecule has 5 nitrogen and oxygen atoms in total. The van der Waals surface area contributed by atoms with E-state index in [1.54, 1.807) is 24.0 Å². The minimum Gasteiger partial charge on any atom is -0.332 e. The molecule has 168 valence electrons.